The van der Waals surface area contributed by atoms with E-state index in [1.54, 1.807) is 23.8 Å². The molecule has 1 aliphatic heterocycles. The van der Waals surface area contributed by atoms with E-state index in [1.165, 1.54) is 10.5 Å². The van der Waals surface area contributed by atoms with Crippen molar-refractivity contribution in [3.05, 3.63) is 54.1 Å². The lowest BCUT2D eigenvalue weighted by Crippen LogP contribution is -2.37. The highest BCUT2D eigenvalue weighted by Gasteiger charge is 2.29. The molecule has 0 aromatic heterocycles. The zero-order valence-electron chi connectivity index (χ0n) is 13.9. The van der Waals surface area contributed by atoms with Crippen LogP contribution in [0.2, 0.25) is 0 Å². The Morgan fingerprint density at radius 2 is 1.88 bits per heavy atom. The van der Waals surface area contributed by atoms with Crippen LogP contribution in [0.25, 0.3) is 0 Å². The highest BCUT2D eigenvalue weighted by atomic mass is 32.2. The van der Waals surface area contributed by atoms with Gasteiger partial charge in [0.2, 0.25) is 5.91 Å². The zero-order valence-corrected chi connectivity index (χ0v) is 14.7. The number of thioether (sulfide) groups is 1. The summed E-state index contributed by atoms with van der Waals surface area (Å²) in [5, 5.41) is -0.0200. The van der Waals surface area contributed by atoms with Gasteiger partial charge in [-0.15, -0.1) is 11.8 Å². The minimum absolute atomic E-state index is 0.0200. The van der Waals surface area contributed by atoms with Crippen LogP contribution in [0.15, 0.2) is 53.4 Å². The maximum atomic E-state index is 12.6. The second kappa shape index (κ2) is 7.62. The average molecular weight is 343 g/mol. The lowest BCUT2D eigenvalue weighted by atomic mass is 10.1. The summed E-state index contributed by atoms with van der Waals surface area (Å²) in [7, 11) is 3.47. The lowest BCUT2D eigenvalue weighted by Gasteiger charge is -2.20. The summed E-state index contributed by atoms with van der Waals surface area (Å²) in [6.07, 6.45) is 0.809. The van der Waals surface area contributed by atoms with Gasteiger partial charge in [0.15, 0.2) is 0 Å². The fourth-order valence-electron chi connectivity index (χ4n) is 2.65. The summed E-state index contributed by atoms with van der Waals surface area (Å²) in [6.45, 7) is 1.04. The maximum Gasteiger partial charge on any atom is 0.236 e. The van der Waals surface area contributed by atoms with E-state index in [-0.39, 0.29) is 11.2 Å². The third-order valence-electron chi connectivity index (χ3n) is 4.05. The van der Waals surface area contributed by atoms with Crippen molar-refractivity contribution in [2.75, 3.05) is 27.3 Å². The fraction of sp³-hybridized carbons (Fsp3) is 0.316. The first-order valence-corrected chi connectivity index (χ1v) is 8.82. The molecule has 0 radical (unpaired) electrons. The van der Waals surface area contributed by atoms with Crippen LogP contribution in [0.4, 0.5) is 0 Å². The van der Waals surface area contributed by atoms with E-state index in [4.69, 9.17) is 9.47 Å². The van der Waals surface area contributed by atoms with Gasteiger partial charge in [0.1, 0.15) is 18.1 Å². The molecule has 0 bridgehead atoms. The number of amides is 1. The van der Waals surface area contributed by atoms with Crippen molar-refractivity contribution < 1.29 is 14.3 Å². The third kappa shape index (κ3) is 3.85. The van der Waals surface area contributed by atoms with Crippen molar-refractivity contribution in [3.63, 3.8) is 0 Å². The number of nitrogens with zero attached hydrogens (tertiary/aromatic N) is 1. The second-order valence-electron chi connectivity index (χ2n) is 5.70. The summed E-state index contributed by atoms with van der Waals surface area (Å²) in [5.74, 6) is 1.74. The molecule has 0 saturated carbocycles. The summed E-state index contributed by atoms with van der Waals surface area (Å²) in [4.78, 5) is 15.6. The molecule has 1 amide bonds. The quantitative estimate of drug-likeness (QED) is 0.807. The van der Waals surface area contributed by atoms with E-state index < -0.39 is 0 Å². The fourth-order valence-corrected chi connectivity index (χ4v) is 3.96. The average Bonchev–Trinajstić information content (AvgIpc) is 3.05. The van der Waals surface area contributed by atoms with Crippen LogP contribution in [0.3, 0.4) is 0 Å². The number of benzene rings is 2. The molecular weight excluding hydrogens is 322 g/mol. The van der Waals surface area contributed by atoms with Crippen molar-refractivity contribution in [2.24, 2.45) is 0 Å². The predicted molar refractivity (Wildman–Crippen MR) is 95.9 cm³/mol. The van der Waals surface area contributed by atoms with Crippen LogP contribution in [0.5, 0.6) is 11.5 Å². The molecule has 0 saturated heterocycles. The van der Waals surface area contributed by atoms with Crippen LogP contribution >= 0.6 is 11.8 Å². The standard InChI is InChI=1S/C19H21NO3S/c1-20(11-12-23-16-9-7-15(22-2)8-10-16)19(21)18-13-14-5-3-4-6-17(14)24-18/h3-10,18H,11-13H2,1-2H3. The van der Waals surface area contributed by atoms with Crippen LogP contribution in [-0.2, 0) is 11.2 Å². The highest BCUT2D eigenvalue weighted by Crippen LogP contribution is 2.37. The minimum atomic E-state index is -0.0200. The Kier molecular flexibility index (Phi) is 5.30. The molecule has 2 aromatic carbocycles. The van der Waals surface area contributed by atoms with E-state index >= 15 is 0 Å². The normalized spacial score (nSPS) is 15.7. The summed E-state index contributed by atoms with van der Waals surface area (Å²) < 4.78 is 10.8. The van der Waals surface area contributed by atoms with Crippen LogP contribution in [-0.4, -0.2) is 43.4 Å². The van der Waals surface area contributed by atoms with E-state index in [9.17, 15) is 4.79 Å². The molecule has 126 valence electrons. The number of carbonyl (C=O) groups excluding carboxylic acids is 1. The van der Waals surface area contributed by atoms with Crippen molar-refractivity contribution in [1.82, 2.24) is 4.90 Å². The molecule has 24 heavy (non-hydrogen) atoms. The van der Waals surface area contributed by atoms with Gasteiger partial charge in [-0.25, -0.2) is 0 Å². The summed E-state index contributed by atoms with van der Waals surface area (Å²) >= 11 is 1.66. The number of hydrogen-bond acceptors (Lipinski definition) is 4. The summed E-state index contributed by atoms with van der Waals surface area (Å²) in [5.41, 5.74) is 1.27. The van der Waals surface area contributed by atoms with E-state index in [0.29, 0.717) is 13.2 Å². The molecule has 1 aliphatic rings. The van der Waals surface area contributed by atoms with Gasteiger partial charge in [-0.3, -0.25) is 4.79 Å². The molecule has 0 aliphatic carbocycles. The molecule has 3 rings (SSSR count). The smallest absolute Gasteiger partial charge is 0.236 e. The third-order valence-corrected chi connectivity index (χ3v) is 5.36. The molecule has 1 heterocycles. The Hall–Kier alpha value is -2.14. The number of rotatable bonds is 6. The Labute approximate surface area is 146 Å². The minimum Gasteiger partial charge on any atom is -0.497 e. The summed E-state index contributed by atoms with van der Waals surface area (Å²) in [6, 6.07) is 15.7. The number of methoxy groups -OCH3 is 1. The molecule has 0 fully saturated rings. The van der Waals surface area contributed by atoms with E-state index in [1.807, 2.05) is 43.4 Å². The predicted octanol–water partition coefficient (Wildman–Crippen LogP) is 3.25. The Morgan fingerprint density at radius 3 is 2.58 bits per heavy atom. The number of fused-ring (bicyclic) bond motifs is 1. The van der Waals surface area contributed by atoms with Crippen molar-refractivity contribution >= 4 is 17.7 Å². The van der Waals surface area contributed by atoms with Gasteiger partial charge < -0.3 is 14.4 Å². The molecule has 1 unspecified atom stereocenters. The van der Waals surface area contributed by atoms with Crippen LogP contribution in [0.1, 0.15) is 5.56 Å². The Balaban J connectivity index is 1.46. The van der Waals surface area contributed by atoms with Crippen LogP contribution < -0.4 is 9.47 Å². The van der Waals surface area contributed by atoms with Crippen molar-refractivity contribution in [1.29, 1.82) is 0 Å². The van der Waals surface area contributed by atoms with Crippen LogP contribution in [0, 0.1) is 0 Å². The van der Waals surface area contributed by atoms with Gasteiger partial charge in [-0.2, -0.15) is 0 Å². The van der Waals surface area contributed by atoms with Gasteiger partial charge >= 0.3 is 0 Å². The largest absolute Gasteiger partial charge is 0.497 e. The number of carbonyl (C=O) groups is 1. The zero-order chi connectivity index (χ0) is 16.9. The SMILES string of the molecule is COc1ccc(OCCN(C)C(=O)C2Cc3ccccc3S2)cc1. The monoisotopic (exact) mass is 343 g/mol. The van der Waals surface area contributed by atoms with Crippen molar-refractivity contribution in [2.45, 2.75) is 16.6 Å². The molecule has 5 heteroatoms. The first-order chi connectivity index (χ1) is 11.7. The molecular formula is C19H21NO3S. The first-order valence-electron chi connectivity index (χ1n) is 7.94. The van der Waals surface area contributed by atoms with Gasteiger partial charge in [-0.1, -0.05) is 18.2 Å². The van der Waals surface area contributed by atoms with Gasteiger partial charge in [-0.05, 0) is 42.3 Å². The Morgan fingerprint density at radius 1 is 1.17 bits per heavy atom. The van der Waals surface area contributed by atoms with Crippen molar-refractivity contribution in [3.8, 4) is 11.5 Å². The lowest BCUT2D eigenvalue weighted by molar-refractivity contribution is -0.129. The molecule has 1 atom stereocenters. The topological polar surface area (TPSA) is 38.8 Å². The van der Waals surface area contributed by atoms with Gasteiger partial charge in [0.25, 0.3) is 0 Å². The van der Waals surface area contributed by atoms with E-state index in [0.717, 1.165) is 17.9 Å². The first kappa shape index (κ1) is 16.7. The molecule has 0 spiro atoms. The molecule has 2 aromatic rings. The maximum absolute atomic E-state index is 12.6. The molecule has 0 N–H and O–H groups in total. The highest BCUT2D eigenvalue weighted by molar-refractivity contribution is 8.01. The number of ether oxygens (including phenoxy) is 2. The van der Waals surface area contributed by atoms with E-state index in [2.05, 4.69) is 12.1 Å². The second-order valence-corrected chi connectivity index (χ2v) is 6.95. The Bertz CT molecular complexity index is 677. The van der Waals surface area contributed by atoms with Gasteiger partial charge in [0.05, 0.1) is 18.9 Å². The number of likely N-dealkylation sites (N-methyl/N-ethyl adjacent to an activating group) is 1. The number of hydrogen-bond donors (Lipinski definition) is 0. The molecule has 4 nitrogen and oxygen atoms in total. The van der Waals surface area contributed by atoms with Gasteiger partial charge in [0, 0.05) is 11.9 Å².